The molecule has 1 aliphatic carbocycles. The summed E-state index contributed by atoms with van der Waals surface area (Å²) in [7, 11) is 0. The van der Waals surface area contributed by atoms with Crippen molar-refractivity contribution in [2.45, 2.75) is 38.3 Å². The van der Waals surface area contributed by atoms with Crippen molar-refractivity contribution < 1.29 is 18.9 Å². The van der Waals surface area contributed by atoms with Crippen LogP contribution in [0.2, 0.25) is 5.02 Å². The van der Waals surface area contributed by atoms with Crippen molar-refractivity contribution in [3.05, 3.63) is 57.0 Å². The third kappa shape index (κ3) is 4.30. The number of hydrogen-bond acceptors (Lipinski definition) is 5. The average Bonchev–Trinajstić information content (AvgIpc) is 3.25. The maximum absolute atomic E-state index is 12.1. The number of furan rings is 1. The summed E-state index contributed by atoms with van der Waals surface area (Å²) in [6.07, 6.45) is 4.25. The molecule has 2 aromatic rings. The van der Waals surface area contributed by atoms with Gasteiger partial charge in [0, 0.05) is 12.1 Å². The number of nitro benzene ring substituents is 1. The first-order valence-electron chi connectivity index (χ1n) is 7.99. The van der Waals surface area contributed by atoms with Gasteiger partial charge in [-0.2, -0.15) is 0 Å². The fraction of sp³-hybridized carbons (Fsp3) is 0.353. The molecule has 0 spiro atoms. The normalized spacial score (nSPS) is 14.4. The van der Waals surface area contributed by atoms with Gasteiger partial charge in [0.15, 0.2) is 5.76 Å². The number of nitro groups is 1. The summed E-state index contributed by atoms with van der Waals surface area (Å²) < 4.78 is 11.0. The Morgan fingerprint density at radius 2 is 2.08 bits per heavy atom. The van der Waals surface area contributed by atoms with Gasteiger partial charge in [-0.15, -0.1) is 0 Å². The van der Waals surface area contributed by atoms with E-state index in [-0.39, 0.29) is 40.8 Å². The highest BCUT2D eigenvalue weighted by molar-refractivity contribution is 6.32. The van der Waals surface area contributed by atoms with E-state index in [1.54, 1.807) is 12.1 Å². The van der Waals surface area contributed by atoms with E-state index in [2.05, 4.69) is 5.32 Å². The van der Waals surface area contributed by atoms with Gasteiger partial charge in [-0.05, 0) is 31.0 Å². The summed E-state index contributed by atoms with van der Waals surface area (Å²) in [5, 5.41) is 14.0. The molecule has 0 aliphatic heterocycles. The Balaban J connectivity index is 1.61. The molecule has 1 aromatic carbocycles. The number of benzene rings is 1. The van der Waals surface area contributed by atoms with Crippen LogP contribution in [0.15, 0.2) is 34.7 Å². The molecule has 3 rings (SSSR count). The Labute approximate surface area is 149 Å². The molecule has 25 heavy (non-hydrogen) atoms. The summed E-state index contributed by atoms with van der Waals surface area (Å²) in [5.74, 6) is 0.588. The maximum atomic E-state index is 12.1. The number of nitrogens with one attached hydrogen (secondary N) is 1. The number of carbonyl (C=O) groups excluding carboxylic acids is 1. The number of nitrogens with zero attached hydrogens (tertiary/aromatic N) is 1. The van der Waals surface area contributed by atoms with E-state index in [0.717, 1.165) is 25.7 Å². The van der Waals surface area contributed by atoms with Crippen LogP contribution in [-0.2, 0) is 6.61 Å². The predicted octanol–water partition coefficient (Wildman–Crippen LogP) is 4.09. The van der Waals surface area contributed by atoms with Crippen LogP contribution >= 0.6 is 11.6 Å². The van der Waals surface area contributed by atoms with Gasteiger partial charge in [0.05, 0.1) is 16.0 Å². The van der Waals surface area contributed by atoms with E-state index < -0.39 is 4.92 Å². The molecule has 1 aromatic heterocycles. The SMILES string of the molecule is O=C(NC1CCCC1)c1ccc(COc2cc([N+](=O)[O-])ccc2Cl)o1. The van der Waals surface area contributed by atoms with Crippen molar-refractivity contribution >= 4 is 23.2 Å². The third-order valence-corrected chi connectivity index (χ3v) is 4.38. The Kier molecular flexibility index (Phi) is 5.23. The first kappa shape index (κ1) is 17.3. The van der Waals surface area contributed by atoms with Gasteiger partial charge in [0.25, 0.3) is 11.6 Å². The predicted molar refractivity (Wildman–Crippen MR) is 90.9 cm³/mol. The minimum atomic E-state index is -0.526. The van der Waals surface area contributed by atoms with Gasteiger partial charge in [0.1, 0.15) is 18.1 Å². The van der Waals surface area contributed by atoms with E-state index in [1.807, 2.05) is 0 Å². The van der Waals surface area contributed by atoms with Crippen molar-refractivity contribution in [1.82, 2.24) is 5.32 Å². The van der Waals surface area contributed by atoms with E-state index in [1.165, 1.54) is 18.2 Å². The number of non-ortho nitro benzene ring substituents is 1. The second kappa shape index (κ2) is 7.57. The number of hydrogen-bond donors (Lipinski definition) is 1. The highest BCUT2D eigenvalue weighted by atomic mass is 35.5. The van der Waals surface area contributed by atoms with Crippen LogP contribution in [0.25, 0.3) is 0 Å². The highest BCUT2D eigenvalue weighted by Gasteiger charge is 2.20. The lowest BCUT2D eigenvalue weighted by atomic mass is 10.2. The molecule has 0 atom stereocenters. The number of halogens is 1. The molecule has 8 heteroatoms. The number of rotatable bonds is 6. The minimum absolute atomic E-state index is 0.0115. The first-order valence-corrected chi connectivity index (χ1v) is 8.37. The van der Waals surface area contributed by atoms with Crippen LogP contribution in [0, 0.1) is 10.1 Å². The zero-order valence-electron chi connectivity index (χ0n) is 13.4. The minimum Gasteiger partial charge on any atom is -0.484 e. The quantitative estimate of drug-likeness (QED) is 0.615. The molecule has 0 unspecified atom stereocenters. The topological polar surface area (TPSA) is 94.6 Å². The summed E-state index contributed by atoms with van der Waals surface area (Å²) in [6, 6.07) is 7.37. The Bertz CT molecular complexity index is 783. The zero-order valence-corrected chi connectivity index (χ0v) is 14.1. The maximum Gasteiger partial charge on any atom is 0.287 e. The molecular formula is C17H17ClN2O5. The van der Waals surface area contributed by atoms with Crippen molar-refractivity contribution in [3.8, 4) is 5.75 Å². The highest BCUT2D eigenvalue weighted by Crippen LogP contribution is 2.29. The molecular weight excluding hydrogens is 348 g/mol. The molecule has 7 nitrogen and oxygen atoms in total. The van der Waals surface area contributed by atoms with Crippen LogP contribution in [0.1, 0.15) is 42.0 Å². The van der Waals surface area contributed by atoms with E-state index >= 15 is 0 Å². The molecule has 1 amide bonds. The van der Waals surface area contributed by atoms with Crippen molar-refractivity contribution in [1.29, 1.82) is 0 Å². The molecule has 132 valence electrons. The lowest BCUT2D eigenvalue weighted by Crippen LogP contribution is -2.32. The van der Waals surface area contributed by atoms with Gasteiger partial charge in [-0.1, -0.05) is 24.4 Å². The van der Waals surface area contributed by atoms with Crippen molar-refractivity contribution in [3.63, 3.8) is 0 Å². The number of amides is 1. The molecule has 1 fully saturated rings. The van der Waals surface area contributed by atoms with Crippen LogP contribution in [-0.4, -0.2) is 16.9 Å². The van der Waals surface area contributed by atoms with Crippen LogP contribution in [0.3, 0.4) is 0 Å². The van der Waals surface area contributed by atoms with Gasteiger partial charge in [-0.3, -0.25) is 14.9 Å². The summed E-state index contributed by atoms with van der Waals surface area (Å²) in [6.45, 7) is 0.0115. The van der Waals surface area contributed by atoms with Crippen LogP contribution in [0.4, 0.5) is 5.69 Å². The molecule has 1 heterocycles. The largest absolute Gasteiger partial charge is 0.484 e. The van der Waals surface area contributed by atoms with Gasteiger partial charge in [0.2, 0.25) is 0 Å². The Hall–Kier alpha value is -2.54. The van der Waals surface area contributed by atoms with Crippen molar-refractivity contribution in [2.24, 2.45) is 0 Å². The van der Waals surface area contributed by atoms with Crippen LogP contribution < -0.4 is 10.1 Å². The smallest absolute Gasteiger partial charge is 0.287 e. The number of ether oxygens (including phenoxy) is 1. The summed E-state index contributed by atoms with van der Waals surface area (Å²) in [5.41, 5.74) is -0.115. The fourth-order valence-corrected chi connectivity index (χ4v) is 2.94. The van der Waals surface area contributed by atoms with Gasteiger partial charge < -0.3 is 14.5 Å². The molecule has 1 aliphatic rings. The second-order valence-corrected chi connectivity index (χ2v) is 6.29. The Morgan fingerprint density at radius 3 is 2.80 bits per heavy atom. The number of carbonyl (C=O) groups is 1. The molecule has 1 saturated carbocycles. The van der Waals surface area contributed by atoms with Gasteiger partial charge in [-0.25, -0.2) is 0 Å². The van der Waals surface area contributed by atoms with E-state index in [0.29, 0.717) is 5.76 Å². The average molecular weight is 365 g/mol. The second-order valence-electron chi connectivity index (χ2n) is 5.88. The first-order chi connectivity index (χ1) is 12.0. The molecule has 0 bridgehead atoms. The van der Waals surface area contributed by atoms with Gasteiger partial charge >= 0.3 is 0 Å². The lowest BCUT2D eigenvalue weighted by molar-refractivity contribution is -0.384. The van der Waals surface area contributed by atoms with Crippen LogP contribution in [0.5, 0.6) is 5.75 Å². The standard InChI is InChI=1S/C17H17ClN2O5/c18-14-7-5-12(20(22)23)9-16(14)24-10-13-6-8-15(25-13)17(21)19-11-3-1-2-4-11/h5-9,11H,1-4,10H2,(H,19,21). The molecule has 0 saturated heterocycles. The lowest BCUT2D eigenvalue weighted by Gasteiger charge is -2.10. The van der Waals surface area contributed by atoms with E-state index in [9.17, 15) is 14.9 Å². The summed E-state index contributed by atoms with van der Waals surface area (Å²) >= 11 is 5.98. The third-order valence-electron chi connectivity index (χ3n) is 4.07. The van der Waals surface area contributed by atoms with E-state index in [4.69, 9.17) is 20.8 Å². The summed E-state index contributed by atoms with van der Waals surface area (Å²) in [4.78, 5) is 22.4. The zero-order chi connectivity index (χ0) is 17.8. The Morgan fingerprint density at radius 1 is 1.32 bits per heavy atom. The monoisotopic (exact) mass is 364 g/mol. The molecule has 1 N–H and O–H groups in total. The van der Waals surface area contributed by atoms with Crippen molar-refractivity contribution in [2.75, 3.05) is 0 Å². The molecule has 0 radical (unpaired) electrons. The fourth-order valence-electron chi connectivity index (χ4n) is 2.77.